The number of hydrogen-bond donors (Lipinski definition) is 1. The van der Waals surface area contributed by atoms with E-state index in [0.29, 0.717) is 5.92 Å². The molecule has 0 bridgehead atoms. The van der Waals surface area contributed by atoms with E-state index >= 15 is 0 Å². The lowest BCUT2D eigenvalue weighted by Gasteiger charge is -2.22. The zero-order valence-electron chi connectivity index (χ0n) is 10.3. The number of methoxy groups -OCH3 is 1. The van der Waals surface area contributed by atoms with Gasteiger partial charge in [-0.15, -0.1) is 0 Å². The third-order valence-electron chi connectivity index (χ3n) is 3.42. The van der Waals surface area contributed by atoms with Crippen LogP contribution in [0, 0.1) is 5.92 Å². The quantitative estimate of drug-likeness (QED) is 0.866. The maximum Gasteiger partial charge on any atom is 0.118 e. The van der Waals surface area contributed by atoms with Crippen LogP contribution in [0.2, 0.25) is 0 Å². The van der Waals surface area contributed by atoms with Gasteiger partial charge in [-0.05, 0) is 49.3 Å². The predicted molar refractivity (Wildman–Crippen MR) is 70.0 cm³/mol. The number of aliphatic hydroxyl groups is 1. The van der Waals surface area contributed by atoms with E-state index in [1.165, 1.54) is 5.56 Å². The average Bonchev–Trinajstić information content (AvgIpc) is 2.39. The van der Waals surface area contributed by atoms with Crippen molar-refractivity contribution in [1.29, 1.82) is 0 Å². The molecule has 1 aromatic carbocycles. The molecule has 1 fully saturated rings. The van der Waals surface area contributed by atoms with Gasteiger partial charge in [0.15, 0.2) is 0 Å². The Morgan fingerprint density at radius 2 is 1.76 bits per heavy atom. The van der Waals surface area contributed by atoms with Crippen LogP contribution in [0.4, 0.5) is 0 Å². The van der Waals surface area contributed by atoms with Gasteiger partial charge in [0, 0.05) is 0 Å². The molecular weight excluding hydrogens is 212 g/mol. The highest BCUT2D eigenvalue weighted by molar-refractivity contribution is 5.50. The van der Waals surface area contributed by atoms with E-state index in [9.17, 15) is 5.11 Å². The van der Waals surface area contributed by atoms with Crippen molar-refractivity contribution < 1.29 is 9.84 Å². The predicted octanol–water partition coefficient (Wildman–Crippen LogP) is 3.26. The summed E-state index contributed by atoms with van der Waals surface area (Å²) < 4.78 is 5.12. The molecule has 1 aliphatic carbocycles. The zero-order valence-corrected chi connectivity index (χ0v) is 10.3. The van der Waals surface area contributed by atoms with E-state index < -0.39 is 0 Å². The molecule has 92 valence electrons. The fourth-order valence-corrected chi connectivity index (χ4v) is 2.26. The lowest BCUT2D eigenvalue weighted by atomic mass is 9.87. The Morgan fingerprint density at radius 1 is 1.12 bits per heavy atom. The third-order valence-corrected chi connectivity index (χ3v) is 3.42. The summed E-state index contributed by atoms with van der Waals surface area (Å²) in [6, 6.07) is 8.08. The van der Waals surface area contributed by atoms with Crippen molar-refractivity contribution in [3.63, 3.8) is 0 Å². The zero-order chi connectivity index (χ0) is 12.1. The Balaban J connectivity index is 1.90. The molecule has 2 heteroatoms. The maximum atomic E-state index is 9.43. The Bertz CT molecular complexity index is 359. The number of allylic oxidation sites excluding steroid dienone is 1. The van der Waals surface area contributed by atoms with E-state index in [0.717, 1.165) is 31.4 Å². The number of ether oxygens (including phenoxy) is 1. The smallest absolute Gasteiger partial charge is 0.118 e. The van der Waals surface area contributed by atoms with Crippen LogP contribution in [0.1, 0.15) is 31.2 Å². The second kappa shape index (κ2) is 5.87. The molecule has 0 saturated heterocycles. The first kappa shape index (κ1) is 12.2. The average molecular weight is 232 g/mol. The lowest BCUT2D eigenvalue weighted by Crippen LogP contribution is -2.16. The lowest BCUT2D eigenvalue weighted by molar-refractivity contribution is 0.118. The largest absolute Gasteiger partial charge is 0.497 e. The van der Waals surface area contributed by atoms with Gasteiger partial charge in [0.05, 0.1) is 13.2 Å². The summed E-state index contributed by atoms with van der Waals surface area (Å²) in [5.41, 5.74) is 1.21. The van der Waals surface area contributed by atoms with Crippen molar-refractivity contribution in [2.45, 2.75) is 31.8 Å². The van der Waals surface area contributed by atoms with Crippen LogP contribution in [0.25, 0.3) is 6.08 Å². The van der Waals surface area contributed by atoms with Crippen molar-refractivity contribution in [3.8, 4) is 5.75 Å². The van der Waals surface area contributed by atoms with Crippen LogP contribution in [-0.4, -0.2) is 18.3 Å². The van der Waals surface area contributed by atoms with Crippen LogP contribution >= 0.6 is 0 Å². The molecule has 17 heavy (non-hydrogen) atoms. The molecule has 0 aromatic heterocycles. The molecule has 0 spiro atoms. The first-order valence-electron chi connectivity index (χ1n) is 6.28. The summed E-state index contributed by atoms with van der Waals surface area (Å²) in [6.45, 7) is 0. The second-order valence-corrected chi connectivity index (χ2v) is 4.70. The summed E-state index contributed by atoms with van der Waals surface area (Å²) in [7, 11) is 1.68. The van der Waals surface area contributed by atoms with Crippen LogP contribution in [0.3, 0.4) is 0 Å². The number of hydrogen-bond acceptors (Lipinski definition) is 2. The molecule has 2 rings (SSSR count). The van der Waals surface area contributed by atoms with Crippen LogP contribution in [-0.2, 0) is 0 Å². The molecule has 0 heterocycles. The van der Waals surface area contributed by atoms with Crippen molar-refractivity contribution in [3.05, 3.63) is 35.9 Å². The highest BCUT2D eigenvalue weighted by atomic mass is 16.5. The summed E-state index contributed by atoms with van der Waals surface area (Å²) in [4.78, 5) is 0. The van der Waals surface area contributed by atoms with E-state index in [1.807, 2.05) is 12.1 Å². The third kappa shape index (κ3) is 3.60. The standard InChI is InChI=1S/C15H20O2/c1-17-15-10-6-13(7-11-15)3-2-12-4-8-14(16)9-5-12/h2-3,6-7,10-12,14,16H,4-5,8-9H2,1H3/b3-2+/t12-,14-. The minimum Gasteiger partial charge on any atom is -0.497 e. The van der Waals surface area contributed by atoms with E-state index in [1.54, 1.807) is 7.11 Å². The molecule has 1 saturated carbocycles. The molecule has 0 atom stereocenters. The summed E-state index contributed by atoms with van der Waals surface area (Å²) in [5, 5.41) is 9.43. The first-order valence-corrected chi connectivity index (χ1v) is 6.28. The van der Waals surface area contributed by atoms with Gasteiger partial charge in [0.25, 0.3) is 0 Å². The van der Waals surface area contributed by atoms with Gasteiger partial charge in [0.2, 0.25) is 0 Å². The minimum atomic E-state index is -0.0689. The summed E-state index contributed by atoms with van der Waals surface area (Å²) in [5.74, 6) is 1.52. The number of aliphatic hydroxyl groups excluding tert-OH is 1. The van der Waals surface area contributed by atoms with Crippen LogP contribution < -0.4 is 4.74 Å². The van der Waals surface area contributed by atoms with Crippen LogP contribution in [0.5, 0.6) is 5.75 Å². The van der Waals surface area contributed by atoms with Gasteiger partial charge in [0.1, 0.15) is 5.75 Å². The van der Waals surface area contributed by atoms with E-state index in [4.69, 9.17) is 4.74 Å². The number of benzene rings is 1. The highest BCUT2D eigenvalue weighted by Gasteiger charge is 2.16. The SMILES string of the molecule is COc1ccc(/C=C/[C@H]2CC[C@H](O)CC2)cc1. The van der Waals surface area contributed by atoms with Crippen LogP contribution in [0.15, 0.2) is 30.3 Å². The summed E-state index contributed by atoms with van der Waals surface area (Å²) >= 11 is 0. The van der Waals surface area contributed by atoms with Gasteiger partial charge < -0.3 is 9.84 Å². The second-order valence-electron chi connectivity index (χ2n) is 4.70. The highest BCUT2D eigenvalue weighted by Crippen LogP contribution is 2.26. The van der Waals surface area contributed by atoms with Gasteiger partial charge in [-0.2, -0.15) is 0 Å². The first-order chi connectivity index (χ1) is 8.28. The van der Waals surface area contributed by atoms with Crippen molar-refractivity contribution in [2.75, 3.05) is 7.11 Å². The van der Waals surface area contributed by atoms with Gasteiger partial charge in [-0.1, -0.05) is 24.3 Å². The Kier molecular flexibility index (Phi) is 4.21. The van der Waals surface area contributed by atoms with Crippen molar-refractivity contribution in [1.82, 2.24) is 0 Å². The molecular formula is C15H20O2. The summed E-state index contributed by atoms with van der Waals surface area (Å²) in [6.07, 6.45) is 8.47. The number of rotatable bonds is 3. The fourth-order valence-electron chi connectivity index (χ4n) is 2.26. The van der Waals surface area contributed by atoms with Crippen molar-refractivity contribution >= 4 is 6.08 Å². The molecule has 1 aromatic rings. The molecule has 0 aliphatic heterocycles. The van der Waals surface area contributed by atoms with Gasteiger partial charge >= 0.3 is 0 Å². The van der Waals surface area contributed by atoms with E-state index in [-0.39, 0.29) is 6.10 Å². The molecule has 2 nitrogen and oxygen atoms in total. The molecule has 0 unspecified atom stereocenters. The van der Waals surface area contributed by atoms with E-state index in [2.05, 4.69) is 24.3 Å². The Morgan fingerprint density at radius 3 is 2.35 bits per heavy atom. The normalized spacial score (nSPS) is 25.1. The van der Waals surface area contributed by atoms with Gasteiger partial charge in [-0.25, -0.2) is 0 Å². The Labute approximate surface area is 103 Å². The fraction of sp³-hybridized carbons (Fsp3) is 0.467. The van der Waals surface area contributed by atoms with Gasteiger partial charge in [-0.3, -0.25) is 0 Å². The topological polar surface area (TPSA) is 29.5 Å². The maximum absolute atomic E-state index is 9.43. The minimum absolute atomic E-state index is 0.0689. The molecule has 0 amide bonds. The molecule has 1 N–H and O–H groups in total. The van der Waals surface area contributed by atoms with Crippen molar-refractivity contribution in [2.24, 2.45) is 5.92 Å². The molecule has 1 aliphatic rings. The Hall–Kier alpha value is -1.28. The molecule has 0 radical (unpaired) electrons. The monoisotopic (exact) mass is 232 g/mol.